The van der Waals surface area contributed by atoms with Crippen molar-refractivity contribution < 1.29 is 13.2 Å². The molecule has 1 aromatic rings. The fourth-order valence-corrected chi connectivity index (χ4v) is 2.27. The summed E-state index contributed by atoms with van der Waals surface area (Å²) in [5.41, 5.74) is 6.84. The Hall–Kier alpha value is -1.31. The molecule has 1 aliphatic heterocycles. The van der Waals surface area contributed by atoms with Gasteiger partial charge in [-0.05, 0) is 24.6 Å². The lowest BCUT2D eigenvalue weighted by molar-refractivity contribution is 0.195. The Morgan fingerprint density at radius 3 is 2.71 bits per heavy atom. The predicted molar refractivity (Wildman–Crippen MR) is 65.1 cm³/mol. The largest absolute Gasteiger partial charge is 0.397 e. The van der Waals surface area contributed by atoms with Crippen LogP contribution in [0.4, 0.5) is 11.4 Å². The minimum absolute atomic E-state index is 0.0169. The number of hydrogen-bond donors (Lipinski definition) is 3. The minimum Gasteiger partial charge on any atom is -0.397 e. The Balaban J connectivity index is 2.19. The second-order valence-electron chi connectivity index (χ2n) is 4.00. The third kappa shape index (κ3) is 2.87. The van der Waals surface area contributed by atoms with Crippen molar-refractivity contribution in [3.8, 4) is 0 Å². The molecular weight excluding hydrogens is 242 g/mol. The molecule has 0 amide bonds. The number of sulfonamides is 1. The first kappa shape index (κ1) is 12.2. The highest BCUT2D eigenvalue weighted by molar-refractivity contribution is 7.89. The van der Waals surface area contributed by atoms with E-state index in [-0.39, 0.29) is 10.9 Å². The molecule has 0 aromatic heterocycles. The van der Waals surface area contributed by atoms with Crippen LogP contribution < -0.4 is 16.2 Å². The second-order valence-corrected chi connectivity index (χ2v) is 5.56. The number of anilines is 2. The zero-order chi connectivity index (χ0) is 12.5. The summed E-state index contributed by atoms with van der Waals surface area (Å²) >= 11 is 0. The van der Waals surface area contributed by atoms with Gasteiger partial charge in [0.25, 0.3) is 0 Å². The molecule has 94 valence electrons. The van der Waals surface area contributed by atoms with E-state index >= 15 is 0 Å². The molecule has 0 spiro atoms. The molecule has 0 aliphatic carbocycles. The van der Waals surface area contributed by atoms with Crippen molar-refractivity contribution in [2.75, 3.05) is 24.3 Å². The van der Waals surface area contributed by atoms with Gasteiger partial charge in [0.1, 0.15) is 0 Å². The van der Waals surface area contributed by atoms with Crippen molar-refractivity contribution >= 4 is 21.4 Å². The van der Waals surface area contributed by atoms with E-state index in [4.69, 9.17) is 15.6 Å². The lowest BCUT2D eigenvalue weighted by Crippen LogP contribution is -2.20. The lowest BCUT2D eigenvalue weighted by atomic mass is 10.2. The summed E-state index contributed by atoms with van der Waals surface area (Å²) in [4.78, 5) is 0.0169. The van der Waals surface area contributed by atoms with Crippen LogP contribution in [0.15, 0.2) is 23.1 Å². The number of primary sulfonamides is 1. The van der Waals surface area contributed by atoms with E-state index in [9.17, 15) is 8.42 Å². The van der Waals surface area contributed by atoms with Crippen LogP contribution in [-0.2, 0) is 14.8 Å². The average Bonchev–Trinajstić information content (AvgIpc) is 2.72. The summed E-state index contributed by atoms with van der Waals surface area (Å²) in [5.74, 6) is 0. The number of hydrogen-bond acceptors (Lipinski definition) is 5. The van der Waals surface area contributed by atoms with Crippen molar-refractivity contribution in [1.29, 1.82) is 0 Å². The highest BCUT2D eigenvalue weighted by Gasteiger charge is 2.17. The Morgan fingerprint density at radius 2 is 2.18 bits per heavy atom. The quantitative estimate of drug-likeness (QED) is 0.666. The first-order chi connectivity index (χ1) is 7.97. The van der Waals surface area contributed by atoms with Crippen LogP contribution in [-0.4, -0.2) is 27.7 Å². The van der Waals surface area contributed by atoms with E-state index in [1.807, 2.05) is 0 Å². The Labute approximate surface area is 100.0 Å². The summed E-state index contributed by atoms with van der Waals surface area (Å²) in [6, 6.07) is 4.63. The SMILES string of the molecule is Nc1cc(S(N)(=O)=O)ccc1NC1CCOC1. The molecular formula is C10H15N3O3S. The Morgan fingerprint density at radius 1 is 1.41 bits per heavy atom. The average molecular weight is 257 g/mol. The third-order valence-electron chi connectivity index (χ3n) is 2.64. The molecule has 1 saturated heterocycles. The van der Waals surface area contributed by atoms with Gasteiger partial charge in [0.05, 0.1) is 28.9 Å². The standard InChI is InChI=1S/C10H15N3O3S/c11-9-5-8(17(12,14)15)1-2-10(9)13-7-3-4-16-6-7/h1-2,5,7,13H,3-4,6,11H2,(H2,12,14,15). The summed E-state index contributed by atoms with van der Waals surface area (Å²) in [6.45, 7) is 1.36. The van der Waals surface area contributed by atoms with E-state index in [2.05, 4.69) is 5.32 Å². The molecule has 1 heterocycles. The maximum absolute atomic E-state index is 11.1. The van der Waals surface area contributed by atoms with E-state index in [1.165, 1.54) is 12.1 Å². The molecule has 0 bridgehead atoms. The summed E-state index contributed by atoms with van der Waals surface area (Å²) < 4.78 is 27.5. The van der Waals surface area contributed by atoms with Crippen LogP contribution in [0.25, 0.3) is 0 Å². The highest BCUT2D eigenvalue weighted by Crippen LogP contribution is 2.24. The smallest absolute Gasteiger partial charge is 0.238 e. The maximum Gasteiger partial charge on any atom is 0.238 e. The van der Waals surface area contributed by atoms with Gasteiger partial charge in [0, 0.05) is 6.61 Å². The molecule has 1 aromatic carbocycles. The van der Waals surface area contributed by atoms with E-state index in [1.54, 1.807) is 6.07 Å². The molecule has 17 heavy (non-hydrogen) atoms. The van der Waals surface area contributed by atoms with E-state index in [0.29, 0.717) is 18.0 Å². The van der Waals surface area contributed by atoms with Crippen molar-refractivity contribution in [2.45, 2.75) is 17.4 Å². The molecule has 7 heteroatoms. The number of ether oxygens (including phenoxy) is 1. The van der Waals surface area contributed by atoms with Crippen LogP contribution in [0.1, 0.15) is 6.42 Å². The zero-order valence-corrected chi connectivity index (χ0v) is 10.0. The van der Waals surface area contributed by atoms with Crippen molar-refractivity contribution in [2.24, 2.45) is 5.14 Å². The van der Waals surface area contributed by atoms with Gasteiger partial charge in [-0.1, -0.05) is 0 Å². The van der Waals surface area contributed by atoms with Gasteiger partial charge in [0.2, 0.25) is 10.0 Å². The number of nitrogens with one attached hydrogen (secondary N) is 1. The predicted octanol–water partition coefficient (Wildman–Crippen LogP) is 0.117. The number of nitrogen functional groups attached to an aromatic ring is 1. The Bertz CT molecular complexity index is 510. The van der Waals surface area contributed by atoms with Gasteiger partial charge in [0.15, 0.2) is 0 Å². The molecule has 6 nitrogen and oxygen atoms in total. The van der Waals surface area contributed by atoms with Gasteiger partial charge >= 0.3 is 0 Å². The molecule has 1 unspecified atom stereocenters. The van der Waals surface area contributed by atoms with Crippen LogP contribution in [0.2, 0.25) is 0 Å². The van der Waals surface area contributed by atoms with Crippen molar-refractivity contribution in [3.63, 3.8) is 0 Å². The molecule has 1 aliphatic rings. The van der Waals surface area contributed by atoms with Crippen LogP contribution in [0.5, 0.6) is 0 Å². The first-order valence-corrected chi connectivity index (χ1v) is 6.78. The lowest BCUT2D eigenvalue weighted by Gasteiger charge is -2.14. The third-order valence-corrected chi connectivity index (χ3v) is 3.55. The van der Waals surface area contributed by atoms with E-state index < -0.39 is 10.0 Å². The topological polar surface area (TPSA) is 107 Å². The first-order valence-electron chi connectivity index (χ1n) is 5.23. The number of nitrogens with two attached hydrogens (primary N) is 2. The number of benzene rings is 1. The van der Waals surface area contributed by atoms with Crippen molar-refractivity contribution in [1.82, 2.24) is 0 Å². The summed E-state index contributed by atoms with van der Waals surface area (Å²) in [7, 11) is -3.70. The van der Waals surface area contributed by atoms with Gasteiger partial charge in [-0.2, -0.15) is 0 Å². The van der Waals surface area contributed by atoms with Gasteiger partial charge in [-0.15, -0.1) is 0 Å². The second kappa shape index (κ2) is 4.52. The normalized spacial score (nSPS) is 20.4. The summed E-state index contributed by atoms with van der Waals surface area (Å²) in [6.07, 6.45) is 0.913. The molecule has 1 atom stereocenters. The zero-order valence-electron chi connectivity index (χ0n) is 9.22. The monoisotopic (exact) mass is 257 g/mol. The minimum atomic E-state index is -3.70. The van der Waals surface area contributed by atoms with Crippen LogP contribution >= 0.6 is 0 Å². The van der Waals surface area contributed by atoms with Crippen LogP contribution in [0, 0.1) is 0 Å². The van der Waals surface area contributed by atoms with Crippen molar-refractivity contribution in [3.05, 3.63) is 18.2 Å². The molecule has 0 saturated carbocycles. The number of rotatable bonds is 3. The fraction of sp³-hybridized carbons (Fsp3) is 0.400. The van der Waals surface area contributed by atoms with Gasteiger partial charge < -0.3 is 15.8 Å². The van der Waals surface area contributed by atoms with E-state index in [0.717, 1.165) is 13.0 Å². The van der Waals surface area contributed by atoms with Gasteiger partial charge in [-0.3, -0.25) is 0 Å². The van der Waals surface area contributed by atoms with Crippen LogP contribution in [0.3, 0.4) is 0 Å². The maximum atomic E-state index is 11.1. The summed E-state index contributed by atoms with van der Waals surface area (Å²) in [5, 5.41) is 8.22. The molecule has 1 fully saturated rings. The molecule has 5 N–H and O–H groups in total. The molecule has 2 rings (SSSR count). The Kier molecular flexibility index (Phi) is 3.23. The van der Waals surface area contributed by atoms with Gasteiger partial charge in [-0.25, -0.2) is 13.6 Å². The highest BCUT2D eigenvalue weighted by atomic mass is 32.2. The fourth-order valence-electron chi connectivity index (χ4n) is 1.72. The molecule has 0 radical (unpaired) electrons.